The van der Waals surface area contributed by atoms with Gasteiger partial charge >= 0.3 is 0 Å². The number of nitrogens with zero attached hydrogens (tertiary/aromatic N) is 1. The fourth-order valence-corrected chi connectivity index (χ4v) is 5.41. The van der Waals surface area contributed by atoms with Gasteiger partial charge in [0, 0.05) is 24.1 Å². The first-order valence-corrected chi connectivity index (χ1v) is 10.5. The van der Waals surface area contributed by atoms with Crippen LogP contribution in [0.4, 0.5) is 4.39 Å². The predicted octanol–water partition coefficient (Wildman–Crippen LogP) is 4.44. The maximum atomic E-state index is 13.5. The van der Waals surface area contributed by atoms with Crippen molar-refractivity contribution >= 4 is 6.08 Å². The summed E-state index contributed by atoms with van der Waals surface area (Å²) in [6.07, 6.45) is 9.36. The van der Waals surface area contributed by atoms with E-state index in [2.05, 4.69) is 11.1 Å². The Morgan fingerprint density at radius 3 is 2.72 bits per heavy atom. The molecule has 0 amide bonds. The van der Waals surface area contributed by atoms with E-state index >= 15 is 0 Å². The Hall–Kier alpha value is -2.08. The highest BCUT2D eigenvalue weighted by molar-refractivity contribution is 5.63. The van der Waals surface area contributed by atoms with Crippen LogP contribution in [0.3, 0.4) is 0 Å². The number of pyridine rings is 1. The van der Waals surface area contributed by atoms with Gasteiger partial charge in [0.05, 0.1) is 25.0 Å². The third kappa shape index (κ3) is 3.63. The quantitative estimate of drug-likeness (QED) is 0.835. The molecule has 1 saturated heterocycles. The zero-order valence-corrected chi connectivity index (χ0v) is 16.3. The van der Waals surface area contributed by atoms with Crippen molar-refractivity contribution < 1.29 is 19.0 Å². The molecule has 0 bridgehead atoms. The molecule has 2 heterocycles. The summed E-state index contributed by atoms with van der Waals surface area (Å²) in [5.41, 5.74) is 2.57. The van der Waals surface area contributed by atoms with Gasteiger partial charge in [0.15, 0.2) is 5.79 Å². The molecule has 3 fully saturated rings. The summed E-state index contributed by atoms with van der Waals surface area (Å²) in [6.45, 7) is 1.26. The van der Waals surface area contributed by atoms with Crippen LogP contribution in [-0.4, -0.2) is 35.2 Å². The van der Waals surface area contributed by atoms with Gasteiger partial charge in [-0.3, -0.25) is 4.98 Å². The van der Waals surface area contributed by atoms with Crippen LogP contribution < -0.4 is 0 Å². The van der Waals surface area contributed by atoms with Gasteiger partial charge in [-0.2, -0.15) is 0 Å². The van der Waals surface area contributed by atoms with Crippen LogP contribution in [0.2, 0.25) is 0 Å². The van der Waals surface area contributed by atoms with Crippen LogP contribution >= 0.6 is 0 Å². The maximum Gasteiger partial charge on any atom is 0.175 e. The number of fused-ring (bicyclic) bond motifs is 1. The number of ether oxygens (including phenoxy) is 2. The number of benzene rings is 1. The summed E-state index contributed by atoms with van der Waals surface area (Å²) in [5, 5.41) is 10.1. The smallest absolute Gasteiger partial charge is 0.175 e. The van der Waals surface area contributed by atoms with Crippen LogP contribution in [0.5, 0.6) is 0 Å². The first kappa shape index (κ1) is 18.9. The molecule has 4 atom stereocenters. The summed E-state index contributed by atoms with van der Waals surface area (Å²) < 4.78 is 25.7. The highest BCUT2D eigenvalue weighted by atomic mass is 19.1. The lowest BCUT2D eigenvalue weighted by Crippen LogP contribution is -2.35. The maximum absolute atomic E-state index is 13.5. The topological polar surface area (TPSA) is 51.6 Å². The molecule has 3 aliphatic rings. The van der Waals surface area contributed by atoms with Gasteiger partial charge < -0.3 is 14.6 Å². The third-order valence-electron chi connectivity index (χ3n) is 6.72. The van der Waals surface area contributed by atoms with Crippen LogP contribution in [0.1, 0.15) is 31.4 Å². The minimum absolute atomic E-state index is 0.173. The van der Waals surface area contributed by atoms with Crippen LogP contribution in [0, 0.1) is 23.6 Å². The molecule has 1 aliphatic heterocycles. The Bertz CT molecular complexity index is 891. The van der Waals surface area contributed by atoms with Crippen LogP contribution in [-0.2, 0) is 9.47 Å². The number of aliphatic hydroxyl groups excluding tert-OH is 1. The normalized spacial score (nSPS) is 30.8. The lowest BCUT2D eigenvalue weighted by atomic mass is 9.76. The SMILES string of the molecule is O[C@H]1CC[C@@H]2[C@H](C1)CC1(OCCO1)[C@H]2/C=C/c1ccc(-c2cccc(F)c2)cn1. The van der Waals surface area contributed by atoms with E-state index in [4.69, 9.17) is 9.47 Å². The van der Waals surface area contributed by atoms with E-state index in [1.165, 1.54) is 12.1 Å². The van der Waals surface area contributed by atoms with Gasteiger partial charge in [0.25, 0.3) is 0 Å². The van der Waals surface area contributed by atoms with Crippen molar-refractivity contribution in [3.63, 3.8) is 0 Å². The average molecular weight is 395 g/mol. The average Bonchev–Trinajstić information content (AvgIpc) is 3.31. The van der Waals surface area contributed by atoms with E-state index in [0.717, 1.165) is 42.5 Å². The summed E-state index contributed by atoms with van der Waals surface area (Å²) in [6, 6.07) is 10.5. The second-order valence-corrected chi connectivity index (χ2v) is 8.47. The second kappa shape index (κ2) is 7.63. The predicted molar refractivity (Wildman–Crippen MR) is 108 cm³/mol. The molecule has 5 rings (SSSR count). The Morgan fingerprint density at radius 2 is 1.97 bits per heavy atom. The van der Waals surface area contributed by atoms with Gasteiger partial charge in [-0.25, -0.2) is 4.39 Å². The molecule has 1 aromatic heterocycles. The molecule has 2 aromatic rings. The molecular formula is C24H26FNO3. The van der Waals surface area contributed by atoms with Crippen molar-refractivity contribution in [1.29, 1.82) is 0 Å². The van der Waals surface area contributed by atoms with Gasteiger partial charge in [-0.15, -0.1) is 0 Å². The van der Waals surface area contributed by atoms with Crippen molar-refractivity contribution in [3.8, 4) is 11.1 Å². The molecule has 2 aliphatic carbocycles. The Labute approximate surface area is 170 Å². The second-order valence-electron chi connectivity index (χ2n) is 8.47. The third-order valence-corrected chi connectivity index (χ3v) is 6.72. The monoisotopic (exact) mass is 395 g/mol. The van der Waals surface area contributed by atoms with Crippen molar-refractivity contribution in [2.24, 2.45) is 17.8 Å². The number of rotatable bonds is 3. The van der Waals surface area contributed by atoms with E-state index in [1.807, 2.05) is 24.3 Å². The highest BCUT2D eigenvalue weighted by Crippen LogP contribution is 2.55. The molecule has 152 valence electrons. The molecule has 1 N–H and O–H groups in total. The van der Waals surface area contributed by atoms with Gasteiger partial charge in [-0.05, 0) is 60.9 Å². The van der Waals surface area contributed by atoms with Gasteiger partial charge in [0.2, 0.25) is 0 Å². The van der Waals surface area contributed by atoms with E-state index in [0.29, 0.717) is 25.0 Å². The molecule has 0 radical (unpaired) electrons. The molecule has 0 unspecified atom stereocenters. The number of hydrogen-bond donors (Lipinski definition) is 1. The summed E-state index contributed by atoms with van der Waals surface area (Å²) >= 11 is 0. The lowest BCUT2D eigenvalue weighted by molar-refractivity contribution is -0.175. The Morgan fingerprint density at radius 1 is 1.10 bits per heavy atom. The van der Waals surface area contributed by atoms with E-state index in [9.17, 15) is 9.50 Å². The fraction of sp³-hybridized carbons (Fsp3) is 0.458. The molecule has 5 heteroatoms. The molecular weight excluding hydrogens is 369 g/mol. The van der Waals surface area contributed by atoms with Crippen molar-refractivity contribution in [1.82, 2.24) is 4.98 Å². The van der Waals surface area contributed by atoms with Crippen molar-refractivity contribution in [3.05, 3.63) is 60.2 Å². The van der Waals surface area contributed by atoms with E-state index in [-0.39, 0.29) is 17.8 Å². The Kier molecular flexibility index (Phi) is 4.98. The number of halogens is 1. The Balaban J connectivity index is 1.37. The largest absolute Gasteiger partial charge is 0.393 e. The van der Waals surface area contributed by atoms with Gasteiger partial charge in [0.1, 0.15) is 5.82 Å². The zero-order chi connectivity index (χ0) is 19.8. The lowest BCUT2D eigenvalue weighted by Gasteiger charge is -2.32. The van der Waals surface area contributed by atoms with E-state index < -0.39 is 5.79 Å². The minimum Gasteiger partial charge on any atom is -0.393 e. The number of aliphatic hydroxyl groups is 1. The first-order chi connectivity index (χ1) is 14.1. The molecule has 29 heavy (non-hydrogen) atoms. The molecule has 4 nitrogen and oxygen atoms in total. The summed E-state index contributed by atoms with van der Waals surface area (Å²) in [4.78, 5) is 4.55. The van der Waals surface area contributed by atoms with Gasteiger partial charge in [-0.1, -0.05) is 24.3 Å². The zero-order valence-electron chi connectivity index (χ0n) is 16.3. The van der Waals surface area contributed by atoms with Crippen LogP contribution in [0.25, 0.3) is 17.2 Å². The summed E-state index contributed by atoms with van der Waals surface area (Å²) in [7, 11) is 0. The van der Waals surface area contributed by atoms with Crippen molar-refractivity contribution in [2.75, 3.05) is 13.2 Å². The summed E-state index contributed by atoms with van der Waals surface area (Å²) in [5.74, 6) is 0.292. The number of aromatic nitrogens is 1. The number of hydrogen-bond acceptors (Lipinski definition) is 4. The molecule has 1 spiro atoms. The first-order valence-electron chi connectivity index (χ1n) is 10.5. The van der Waals surface area contributed by atoms with Crippen LogP contribution in [0.15, 0.2) is 48.7 Å². The molecule has 2 saturated carbocycles. The fourth-order valence-electron chi connectivity index (χ4n) is 5.41. The van der Waals surface area contributed by atoms with Crippen molar-refractivity contribution in [2.45, 2.75) is 37.6 Å². The highest BCUT2D eigenvalue weighted by Gasteiger charge is 2.57. The van der Waals surface area contributed by atoms with E-state index in [1.54, 1.807) is 12.3 Å². The minimum atomic E-state index is -0.544. The standard InChI is InChI=1S/C24H26FNO3/c25-19-3-1-2-16(12-19)17-4-5-20(26-15-17)6-9-23-22-8-7-21(27)13-18(22)14-24(23)28-10-11-29-24/h1-6,9,12,15,18,21-23,27H,7-8,10-11,13-14H2/b9-6+/t18-,21+,22-,23+/m1/s1. The molecule has 1 aromatic carbocycles.